The van der Waals surface area contributed by atoms with E-state index in [2.05, 4.69) is 52.0 Å². The highest BCUT2D eigenvalue weighted by Crippen LogP contribution is 2.40. The molecule has 4 rings (SSSR count). The van der Waals surface area contributed by atoms with Crippen LogP contribution in [0.4, 0.5) is 0 Å². The minimum absolute atomic E-state index is 0.523. The first-order valence-corrected chi connectivity index (χ1v) is 7.89. The molecule has 0 aliphatic carbocycles. The first kappa shape index (κ1) is 11.6. The van der Waals surface area contributed by atoms with Gasteiger partial charge in [-0.2, -0.15) is 0 Å². The quantitative estimate of drug-likeness (QED) is 0.857. The number of rotatable bonds is 1. The Balaban J connectivity index is 1.70. The van der Waals surface area contributed by atoms with Crippen LogP contribution in [-0.2, 0) is 6.42 Å². The SMILES string of the molecule is c1ccc(C2CNCC3c4sccc4CCN23)cc1. The molecule has 2 nitrogen and oxygen atoms in total. The van der Waals surface area contributed by atoms with Gasteiger partial charge in [0.05, 0.1) is 6.04 Å². The molecule has 1 N–H and O–H groups in total. The van der Waals surface area contributed by atoms with Crippen LogP contribution in [0.3, 0.4) is 0 Å². The summed E-state index contributed by atoms with van der Waals surface area (Å²) in [6.07, 6.45) is 1.21. The second-order valence-electron chi connectivity index (χ2n) is 5.40. The van der Waals surface area contributed by atoms with E-state index in [-0.39, 0.29) is 0 Å². The number of benzene rings is 1. The highest BCUT2D eigenvalue weighted by Gasteiger charge is 2.36. The third kappa shape index (κ3) is 1.93. The first-order chi connectivity index (χ1) is 9.43. The van der Waals surface area contributed by atoms with Crippen LogP contribution in [0.1, 0.15) is 28.1 Å². The number of hydrogen-bond acceptors (Lipinski definition) is 3. The topological polar surface area (TPSA) is 15.3 Å². The van der Waals surface area contributed by atoms with Crippen molar-refractivity contribution in [1.82, 2.24) is 10.2 Å². The Morgan fingerprint density at radius 2 is 1.89 bits per heavy atom. The fourth-order valence-electron chi connectivity index (χ4n) is 3.44. The van der Waals surface area contributed by atoms with Crippen molar-refractivity contribution in [2.75, 3.05) is 19.6 Å². The summed E-state index contributed by atoms with van der Waals surface area (Å²) < 4.78 is 0. The van der Waals surface area contributed by atoms with E-state index in [1.165, 1.54) is 18.5 Å². The lowest BCUT2D eigenvalue weighted by molar-refractivity contribution is 0.0899. The van der Waals surface area contributed by atoms with Crippen molar-refractivity contribution in [2.24, 2.45) is 0 Å². The second kappa shape index (κ2) is 4.75. The molecule has 3 heterocycles. The van der Waals surface area contributed by atoms with Gasteiger partial charge >= 0.3 is 0 Å². The van der Waals surface area contributed by atoms with Crippen LogP contribution >= 0.6 is 11.3 Å². The molecule has 0 amide bonds. The number of thiophene rings is 1. The highest BCUT2D eigenvalue weighted by atomic mass is 32.1. The fraction of sp³-hybridized carbons (Fsp3) is 0.375. The summed E-state index contributed by atoms with van der Waals surface area (Å²) in [5, 5.41) is 5.88. The highest BCUT2D eigenvalue weighted by molar-refractivity contribution is 7.10. The molecule has 2 aliphatic heterocycles. The van der Waals surface area contributed by atoms with Crippen molar-refractivity contribution in [3.63, 3.8) is 0 Å². The Bertz CT molecular complexity index is 563. The van der Waals surface area contributed by atoms with Crippen LogP contribution in [0.5, 0.6) is 0 Å². The summed E-state index contributed by atoms with van der Waals surface area (Å²) in [6, 6.07) is 14.3. The summed E-state index contributed by atoms with van der Waals surface area (Å²) in [5.41, 5.74) is 3.02. The Kier molecular flexibility index (Phi) is 2.91. The van der Waals surface area contributed by atoms with Gasteiger partial charge in [0.15, 0.2) is 0 Å². The number of piperazine rings is 1. The number of nitrogens with zero attached hydrogens (tertiary/aromatic N) is 1. The smallest absolute Gasteiger partial charge is 0.0575 e. The molecule has 2 aliphatic rings. The summed E-state index contributed by atoms with van der Waals surface area (Å²) in [5.74, 6) is 0. The van der Waals surface area contributed by atoms with Gasteiger partial charge in [0.2, 0.25) is 0 Å². The summed E-state index contributed by atoms with van der Waals surface area (Å²) >= 11 is 1.93. The molecule has 1 aromatic carbocycles. The van der Waals surface area contributed by atoms with E-state index in [9.17, 15) is 0 Å². The summed E-state index contributed by atoms with van der Waals surface area (Å²) in [7, 11) is 0. The second-order valence-corrected chi connectivity index (χ2v) is 6.35. The average Bonchev–Trinajstić information content (AvgIpc) is 2.96. The van der Waals surface area contributed by atoms with E-state index < -0.39 is 0 Å². The third-order valence-electron chi connectivity index (χ3n) is 4.38. The molecule has 2 atom stereocenters. The predicted octanol–water partition coefficient (Wildman–Crippen LogP) is 2.99. The minimum atomic E-state index is 0.523. The number of nitrogens with one attached hydrogen (secondary N) is 1. The van der Waals surface area contributed by atoms with Crippen molar-refractivity contribution in [3.05, 3.63) is 57.8 Å². The van der Waals surface area contributed by atoms with Gasteiger partial charge < -0.3 is 5.32 Å². The Labute approximate surface area is 118 Å². The van der Waals surface area contributed by atoms with Crippen molar-refractivity contribution in [3.8, 4) is 0 Å². The molecule has 0 spiro atoms. The molecule has 0 bridgehead atoms. The molecular weight excluding hydrogens is 252 g/mol. The Hall–Kier alpha value is -1.16. The lowest BCUT2D eigenvalue weighted by Gasteiger charge is -2.45. The minimum Gasteiger partial charge on any atom is -0.313 e. The van der Waals surface area contributed by atoms with Gasteiger partial charge in [0.25, 0.3) is 0 Å². The standard InChI is InChI=1S/C16H18N2S/c1-2-4-12(5-3-1)14-10-17-11-15-16-13(7-9-19-16)6-8-18(14)15/h1-5,7,9,14-15,17H,6,8,10-11H2. The maximum absolute atomic E-state index is 3.63. The zero-order chi connectivity index (χ0) is 12.7. The van der Waals surface area contributed by atoms with Gasteiger partial charge in [0.1, 0.15) is 0 Å². The average molecular weight is 270 g/mol. The largest absolute Gasteiger partial charge is 0.313 e. The van der Waals surface area contributed by atoms with Gasteiger partial charge in [-0.3, -0.25) is 4.90 Å². The van der Waals surface area contributed by atoms with E-state index >= 15 is 0 Å². The van der Waals surface area contributed by atoms with Crippen LogP contribution in [0.2, 0.25) is 0 Å². The van der Waals surface area contributed by atoms with E-state index in [0.717, 1.165) is 13.1 Å². The van der Waals surface area contributed by atoms with E-state index in [4.69, 9.17) is 0 Å². The van der Waals surface area contributed by atoms with Crippen molar-refractivity contribution in [1.29, 1.82) is 0 Å². The maximum Gasteiger partial charge on any atom is 0.0575 e. The molecule has 1 saturated heterocycles. The molecule has 1 aromatic heterocycles. The Morgan fingerprint density at radius 3 is 2.79 bits per heavy atom. The van der Waals surface area contributed by atoms with Crippen LogP contribution < -0.4 is 5.32 Å². The lowest BCUT2D eigenvalue weighted by Crippen LogP contribution is -2.50. The molecule has 0 radical (unpaired) electrons. The molecule has 1 fully saturated rings. The van der Waals surface area contributed by atoms with Crippen LogP contribution in [-0.4, -0.2) is 24.5 Å². The Morgan fingerprint density at radius 1 is 1.05 bits per heavy atom. The zero-order valence-corrected chi connectivity index (χ0v) is 11.7. The van der Waals surface area contributed by atoms with Gasteiger partial charge in [-0.1, -0.05) is 30.3 Å². The predicted molar refractivity (Wildman–Crippen MR) is 79.5 cm³/mol. The summed E-state index contributed by atoms with van der Waals surface area (Å²) in [4.78, 5) is 4.28. The molecule has 2 aromatic rings. The van der Waals surface area contributed by atoms with Crippen molar-refractivity contribution in [2.45, 2.75) is 18.5 Å². The first-order valence-electron chi connectivity index (χ1n) is 7.01. The van der Waals surface area contributed by atoms with E-state index in [1.807, 2.05) is 11.3 Å². The van der Waals surface area contributed by atoms with Gasteiger partial charge in [-0.05, 0) is 29.0 Å². The van der Waals surface area contributed by atoms with Crippen LogP contribution in [0.15, 0.2) is 41.8 Å². The summed E-state index contributed by atoms with van der Waals surface area (Å²) in [6.45, 7) is 3.35. The van der Waals surface area contributed by atoms with Crippen molar-refractivity contribution >= 4 is 11.3 Å². The molecule has 19 heavy (non-hydrogen) atoms. The molecule has 0 saturated carbocycles. The maximum atomic E-state index is 3.63. The van der Waals surface area contributed by atoms with Crippen molar-refractivity contribution < 1.29 is 0 Å². The third-order valence-corrected chi connectivity index (χ3v) is 5.44. The normalized spacial score (nSPS) is 26.7. The molecular formula is C16H18N2S. The van der Waals surface area contributed by atoms with Gasteiger partial charge in [-0.25, -0.2) is 0 Å². The number of fused-ring (bicyclic) bond motifs is 3. The lowest BCUT2D eigenvalue weighted by atomic mass is 9.93. The van der Waals surface area contributed by atoms with E-state index in [1.54, 1.807) is 10.4 Å². The number of hydrogen-bond donors (Lipinski definition) is 1. The van der Waals surface area contributed by atoms with Gasteiger partial charge in [-0.15, -0.1) is 11.3 Å². The fourth-order valence-corrected chi connectivity index (χ4v) is 4.52. The van der Waals surface area contributed by atoms with Gasteiger partial charge in [0, 0.05) is 30.6 Å². The molecule has 3 heteroatoms. The van der Waals surface area contributed by atoms with Crippen LogP contribution in [0, 0.1) is 0 Å². The molecule has 98 valence electrons. The monoisotopic (exact) mass is 270 g/mol. The van der Waals surface area contributed by atoms with Crippen LogP contribution in [0.25, 0.3) is 0 Å². The molecule has 2 unspecified atom stereocenters. The van der Waals surface area contributed by atoms with E-state index in [0.29, 0.717) is 12.1 Å². The zero-order valence-electron chi connectivity index (χ0n) is 10.9.